The van der Waals surface area contributed by atoms with Crippen molar-refractivity contribution in [3.05, 3.63) is 28.8 Å². The number of ketones is 1. The van der Waals surface area contributed by atoms with E-state index in [-0.39, 0.29) is 11.7 Å². The molecule has 0 N–H and O–H groups in total. The highest BCUT2D eigenvalue weighted by atomic mass is 16.5. The van der Waals surface area contributed by atoms with Crippen LogP contribution in [0.3, 0.4) is 0 Å². The van der Waals surface area contributed by atoms with Gasteiger partial charge in [0.05, 0.1) is 7.11 Å². The molecule has 1 aliphatic carbocycles. The first-order chi connectivity index (χ1) is 7.17. The van der Waals surface area contributed by atoms with Crippen LogP contribution in [0.25, 0.3) is 0 Å². The summed E-state index contributed by atoms with van der Waals surface area (Å²) < 4.78 is 5.10. The highest BCUT2D eigenvalue weighted by Crippen LogP contribution is 2.36. The zero-order valence-electron chi connectivity index (χ0n) is 8.74. The van der Waals surface area contributed by atoms with Gasteiger partial charge in [0.25, 0.3) is 0 Å². The van der Waals surface area contributed by atoms with Gasteiger partial charge in [-0.25, -0.2) is 0 Å². The summed E-state index contributed by atoms with van der Waals surface area (Å²) in [5.41, 5.74) is 1.96. The summed E-state index contributed by atoms with van der Waals surface area (Å²) in [4.78, 5) is 22.5. The van der Waals surface area contributed by atoms with E-state index < -0.39 is 0 Å². The molecule has 0 aromatic heterocycles. The molecular formula is C12H12O3. The molecule has 0 saturated heterocycles. The third-order valence-electron chi connectivity index (χ3n) is 2.84. The third kappa shape index (κ3) is 1.44. The lowest BCUT2D eigenvalue weighted by Crippen LogP contribution is -1.99. The molecular weight excluding hydrogens is 192 g/mol. The summed E-state index contributed by atoms with van der Waals surface area (Å²) in [5.74, 6) is 0.876. The number of methoxy groups -OCH3 is 1. The predicted molar refractivity (Wildman–Crippen MR) is 55.7 cm³/mol. The fourth-order valence-corrected chi connectivity index (χ4v) is 2.07. The maximum Gasteiger partial charge on any atom is 0.164 e. The van der Waals surface area contributed by atoms with E-state index in [2.05, 4.69) is 0 Å². The van der Waals surface area contributed by atoms with Crippen molar-refractivity contribution in [1.29, 1.82) is 0 Å². The van der Waals surface area contributed by atoms with Crippen molar-refractivity contribution in [2.45, 2.75) is 19.3 Å². The molecule has 1 atom stereocenters. The van der Waals surface area contributed by atoms with Crippen molar-refractivity contribution in [2.24, 2.45) is 0 Å². The minimum atomic E-state index is 0.0576. The summed E-state index contributed by atoms with van der Waals surface area (Å²) in [6.07, 6.45) is 1.21. The molecule has 0 aliphatic heterocycles. The first-order valence-corrected chi connectivity index (χ1v) is 4.87. The number of ether oxygens (including phenoxy) is 1. The minimum Gasteiger partial charge on any atom is -0.497 e. The molecule has 0 saturated carbocycles. The maximum absolute atomic E-state index is 11.7. The maximum atomic E-state index is 11.7. The lowest BCUT2D eigenvalue weighted by molar-refractivity contribution is 0.0984. The molecule has 15 heavy (non-hydrogen) atoms. The lowest BCUT2D eigenvalue weighted by atomic mass is 10.00. The number of carbonyl (C=O) groups excluding carboxylic acids is 2. The van der Waals surface area contributed by atoms with E-state index in [0.29, 0.717) is 23.3 Å². The van der Waals surface area contributed by atoms with Crippen molar-refractivity contribution in [1.82, 2.24) is 0 Å². The molecule has 1 unspecified atom stereocenters. The molecule has 78 valence electrons. The molecule has 3 nitrogen and oxygen atoms in total. The molecule has 1 aliphatic rings. The molecule has 1 aromatic rings. The standard InChI is InChI=1S/C12H12O3/c1-7-3-11(14)12-8(6-13)4-9(15-2)5-10(7)12/h4-7H,3H2,1-2H3. The Morgan fingerprint density at radius 1 is 1.47 bits per heavy atom. The quantitative estimate of drug-likeness (QED) is 0.693. The molecule has 3 heteroatoms. The zero-order valence-corrected chi connectivity index (χ0v) is 8.74. The van der Waals surface area contributed by atoms with Gasteiger partial charge >= 0.3 is 0 Å². The van der Waals surface area contributed by atoms with E-state index >= 15 is 0 Å². The zero-order chi connectivity index (χ0) is 11.0. The van der Waals surface area contributed by atoms with E-state index in [0.717, 1.165) is 11.8 Å². The number of hydrogen-bond donors (Lipinski definition) is 0. The average molecular weight is 204 g/mol. The Kier molecular flexibility index (Phi) is 2.31. The van der Waals surface area contributed by atoms with Crippen molar-refractivity contribution >= 4 is 12.1 Å². The number of rotatable bonds is 2. The molecule has 2 rings (SSSR count). The van der Waals surface area contributed by atoms with Crippen LogP contribution in [0.4, 0.5) is 0 Å². The Hall–Kier alpha value is -1.64. The lowest BCUT2D eigenvalue weighted by Gasteiger charge is -2.08. The minimum absolute atomic E-state index is 0.0576. The van der Waals surface area contributed by atoms with Gasteiger partial charge in [-0.2, -0.15) is 0 Å². The number of fused-ring (bicyclic) bond motifs is 1. The van der Waals surface area contributed by atoms with Crippen LogP contribution in [0.5, 0.6) is 5.75 Å². The largest absolute Gasteiger partial charge is 0.497 e. The Morgan fingerprint density at radius 2 is 2.20 bits per heavy atom. The van der Waals surface area contributed by atoms with Crippen molar-refractivity contribution < 1.29 is 14.3 Å². The van der Waals surface area contributed by atoms with Gasteiger partial charge in [0, 0.05) is 17.5 Å². The first-order valence-electron chi connectivity index (χ1n) is 4.87. The van der Waals surface area contributed by atoms with Gasteiger partial charge in [-0.1, -0.05) is 6.92 Å². The van der Waals surface area contributed by atoms with Crippen molar-refractivity contribution in [2.75, 3.05) is 7.11 Å². The molecule has 0 fully saturated rings. The Morgan fingerprint density at radius 3 is 2.80 bits per heavy atom. The normalized spacial score (nSPS) is 18.8. The van der Waals surface area contributed by atoms with Crippen molar-refractivity contribution in [3.8, 4) is 5.75 Å². The number of carbonyl (C=O) groups is 2. The van der Waals surface area contributed by atoms with E-state index in [9.17, 15) is 9.59 Å². The summed E-state index contributed by atoms with van der Waals surface area (Å²) >= 11 is 0. The van der Waals surface area contributed by atoms with Gasteiger partial charge in [-0.05, 0) is 23.6 Å². The van der Waals surface area contributed by atoms with Crippen LogP contribution in [0, 0.1) is 0 Å². The highest BCUT2D eigenvalue weighted by molar-refractivity contribution is 6.07. The van der Waals surface area contributed by atoms with Crippen LogP contribution < -0.4 is 4.74 Å². The van der Waals surface area contributed by atoms with Crippen LogP contribution in [-0.2, 0) is 0 Å². The highest BCUT2D eigenvalue weighted by Gasteiger charge is 2.29. The summed E-state index contributed by atoms with van der Waals surface area (Å²) in [5, 5.41) is 0. The van der Waals surface area contributed by atoms with Crippen molar-refractivity contribution in [3.63, 3.8) is 0 Å². The van der Waals surface area contributed by atoms with Gasteiger partial charge in [0.1, 0.15) is 5.75 Å². The Labute approximate surface area is 88.1 Å². The second-order valence-corrected chi connectivity index (χ2v) is 3.83. The average Bonchev–Trinajstić information content (AvgIpc) is 2.53. The second kappa shape index (κ2) is 3.50. The Bertz CT molecular complexity index is 435. The number of Topliss-reactive ketones (excluding diaryl/α,β-unsaturated/α-hetero) is 1. The van der Waals surface area contributed by atoms with Gasteiger partial charge in [0.15, 0.2) is 12.1 Å². The first kappa shape index (κ1) is 9.90. The predicted octanol–water partition coefficient (Wildman–Crippen LogP) is 2.20. The van der Waals surface area contributed by atoms with Crippen LogP contribution in [-0.4, -0.2) is 19.2 Å². The van der Waals surface area contributed by atoms with E-state index in [1.165, 1.54) is 0 Å². The fraction of sp³-hybridized carbons (Fsp3) is 0.333. The van der Waals surface area contributed by atoms with E-state index in [1.807, 2.05) is 13.0 Å². The number of hydrogen-bond acceptors (Lipinski definition) is 3. The Balaban J connectivity index is 2.67. The SMILES string of the molecule is COc1cc(C=O)c2c(c1)C(C)CC2=O. The van der Waals surface area contributed by atoms with Gasteiger partial charge in [-0.15, -0.1) is 0 Å². The second-order valence-electron chi connectivity index (χ2n) is 3.83. The van der Waals surface area contributed by atoms with Crippen LogP contribution in [0.1, 0.15) is 45.5 Å². The molecule has 0 bridgehead atoms. The van der Waals surface area contributed by atoms with Gasteiger partial charge in [-0.3, -0.25) is 9.59 Å². The number of aldehydes is 1. The fourth-order valence-electron chi connectivity index (χ4n) is 2.07. The summed E-state index contributed by atoms with van der Waals surface area (Å²) in [6, 6.07) is 3.46. The third-order valence-corrected chi connectivity index (χ3v) is 2.84. The summed E-state index contributed by atoms with van der Waals surface area (Å²) in [6.45, 7) is 1.98. The smallest absolute Gasteiger partial charge is 0.164 e. The van der Waals surface area contributed by atoms with Gasteiger partial charge in [0.2, 0.25) is 0 Å². The molecule has 0 heterocycles. The number of benzene rings is 1. The van der Waals surface area contributed by atoms with E-state index in [1.54, 1.807) is 13.2 Å². The van der Waals surface area contributed by atoms with Gasteiger partial charge < -0.3 is 4.74 Å². The van der Waals surface area contributed by atoms with Crippen LogP contribution >= 0.6 is 0 Å². The van der Waals surface area contributed by atoms with E-state index in [4.69, 9.17) is 4.74 Å². The monoisotopic (exact) mass is 204 g/mol. The topological polar surface area (TPSA) is 43.4 Å². The molecule has 0 spiro atoms. The molecule has 1 aromatic carbocycles. The van der Waals surface area contributed by atoms with Crippen LogP contribution in [0.2, 0.25) is 0 Å². The molecule has 0 amide bonds. The van der Waals surface area contributed by atoms with Crippen LogP contribution in [0.15, 0.2) is 12.1 Å². The molecule has 0 radical (unpaired) electrons. The summed E-state index contributed by atoms with van der Waals surface area (Å²) in [7, 11) is 1.55.